The molecule has 0 saturated carbocycles. The van der Waals surface area contributed by atoms with E-state index in [0.29, 0.717) is 22.8 Å². The number of carbonyl (C=O) groups is 1. The van der Waals surface area contributed by atoms with Crippen LogP contribution in [0.3, 0.4) is 0 Å². The van der Waals surface area contributed by atoms with E-state index < -0.39 is 0 Å². The van der Waals surface area contributed by atoms with E-state index in [4.69, 9.17) is 4.74 Å². The Morgan fingerprint density at radius 1 is 1.27 bits per heavy atom. The standard InChI is InChI=1S/C18H15N5O2S/c1-25-14-4-2-3-12(9-14)11-23-16-6-5-13(10-15(16)21-22-23)17(24)20-18-19-7-8-26-18/h2-10H,11H2,1H3,(H,19,20,24). The van der Waals surface area contributed by atoms with Crippen LogP contribution < -0.4 is 10.1 Å². The van der Waals surface area contributed by atoms with Crippen LogP contribution >= 0.6 is 11.3 Å². The molecule has 1 amide bonds. The Morgan fingerprint density at radius 2 is 2.19 bits per heavy atom. The van der Waals surface area contributed by atoms with Crippen LogP contribution in [-0.4, -0.2) is 33.0 Å². The number of benzene rings is 2. The second-order valence-electron chi connectivity index (χ2n) is 5.59. The molecule has 0 unspecified atom stereocenters. The third-order valence-corrected chi connectivity index (χ3v) is 4.58. The number of hydrogen-bond acceptors (Lipinski definition) is 6. The molecule has 2 aromatic carbocycles. The molecule has 0 radical (unpaired) electrons. The van der Waals surface area contributed by atoms with Crippen molar-refractivity contribution in [2.45, 2.75) is 6.54 Å². The normalized spacial score (nSPS) is 10.8. The lowest BCUT2D eigenvalue weighted by Crippen LogP contribution is -2.11. The number of hydrogen-bond donors (Lipinski definition) is 1. The molecule has 0 fully saturated rings. The van der Waals surface area contributed by atoms with Gasteiger partial charge in [0.1, 0.15) is 11.3 Å². The minimum atomic E-state index is -0.218. The number of amides is 1. The van der Waals surface area contributed by atoms with Crippen LogP contribution in [0.1, 0.15) is 15.9 Å². The number of thiazole rings is 1. The summed E-state index contributed by atoms with van der Waals surface area (Å²) in [7, 11) is 1.64. The summed E-state index contributed by atoms with van der Waals surface area (Å²) in [5.41, 5.74) is 3.10. The van der Waals surface area contributed by atoms with Crippen molar-refractivity contribution < 1.29 is 9.53 Å². The number of carbonyl (C=O) groups excluding carboxylic acids is 1. The Labute approximate surface area is 153 Å². The van der Waals surface area contributed by atoms with Gasteiger partial charge in [-0.3, -0.25) is 10.1 Å². The number of methoxy groups -OCH3 is 1. The molecule has 0 aliphatic rings. The molecule has 4 aromatic rings. The van der Waals surface area contributed by atoms with Crippen LogP contribution in [0.2, 0.25) is 0 Å². The molecule has 0 aliphatic heterocycles. The van der Waals surface area contributed by atoms with E-state index in [1.807, 2.05) is 35.7 Å². The minimum Gasteiger partial charge on any atom is -0.497 e. The lowest BCUT2D eigenvalue weighted by molar-refractivity contribution is 0.102. The van der Waals surface area contributed by atoms with Crippen LogP contribution in [0.4, 0.5) is 5.13 Å². The van der Waals surface area contributed by atoms with Crippen molar-refractivity contribution >= 4 is 33.4 Å². The van der Waals surface area contributed by atoms with Crippen LogP contribution in [0, 0.1) is 0 Å². The quantitative estimate of drug-likeness (QED) is 0.587. The monoisotopic (exact) mass is 365 g/mol. The maximum Gasteiger partial charge on any atom is 0.257 e. The third kappa shape index (κ3) is 3.27. The van der Waals surface area contributed by atoms with E-state index >= 15 is 0 Å². The number of fused-ring (bicyclic) bond motifs is 1. The molecule has 130 valence electrons. The molecule has 0 bridgehead atoms. The van der Waals surface area contributed by atoms with Gasteiger partial charge in [0.25, 0.3) is 5.91 Å². The highest BCUT2D eigenvalue weighted by Crippen LogP contribution is 2.19. The van der Waals surface area contributed by atoms with E-state index in [1.54, 1.807) is 30.1 Å². The molecule has 1 N–H and O–H groups in total. The van der Waals surface area contributed by atoms with Crippen molar-refractivity contribution in [2.75, 3.05) is 12.4 Å². The first-order valence-electron chi connectivity index (χ1n) is 7.90. The summed E-state index contributed by atoms with van der Waals surface area (Å²) < 4.78 is 7.05. The van der Waals surface area contributed by atoms with Gasteiger partial charge in [0.15, 0.2) is 5.13 Å². The summed E-state index contributed by atoms with van der Waals surface area (Å²) in [5, 5.41) is 13.5. The van der Waals surface area contributed by atoms with Crippen molar-refractivity contribution in [1.29, 1.82) is 0 Å². The highest BCUT2D eigenvalue weighted by Gasteiger charge is 2.12. The van der Waals surface area contributed by atoms with Crippen LogP contribution in [0.25, 0.3) is 11.0 Å². The zero-order chi connectivity index (χ0) is 17.9. The maximum atomic E-state index is 12.3. The Hall–Kier alpha value is -3.26. The molecule has 4 rings (SSSR count). The molecule has 7 nitrogen and oxygen atoms in total. The number of aromatic nitrogens is 4. The van der Waals surface area contributed by atoms with Crippen molar-refractivity contribution in [2.24, 2.45) is 0 Å². The predicted octanol–water partition coefficient (Wildman–Crippen LogP) is 3.20. The fourth-order valence-corrected chi connectivity index (χ4v) is 3.15. The second-order valence-corrected chi connectivity index (χ2v) is 6.49. The van der Waals surface area contributed by atoms with E-state index in [0.717, 1.165) is 16.8 Å². The van der Waals surface area contributed by atoms with E-state index in [-0.39, 0.29) is 5.91 Å². The molecule has 2 heterocycles. The number of ether oxygens (including phenoxy) is 1. The Bertz CT molecular complexity index is 1060. The molecular weight excluding hydrogens is 350 g/mol. The molecule has 2 aromatic heterocycles. The van der Waals surface area contributed by atoms with Crippen molar-refractivity contribution in [3.05, 3.63) is 65.2 Å². The van der Waals surface area contributed by atoms with Crippen molar-refractivity contribution in [3.8, 4) is 5.75 Å². The van der Waals surface area contributed by atoms with Gasteiger partial charge in [0, 0.05) is 17.1 Å². The van der Waals surface area contributed by atoms with Crippen LogP contribution in [0.15, 0.2) is 54.0 Å². The van der Waals surface area contributed by atoms with Gasteiger partial charge < -0.3 is 4.74 Å². The van der Waals surface area contributed by atoms with Gasteiger partial charge in [0.2, 0.25) is 0 Å². The topological polar surface area (TPSA) is 81.9 Å². The minimum absolute atomic E-state index is 0.218. The van der Waals surface area contributed by atoms with Crippen LogP contribution in [-0.2, 0) is 6.54 Å². The van der Waals surface area contributed by atoms with Gasteiger partial charge >= 0.3 is 0 Å². The summed E-state index contributed by atoms with van der Waals surface area (Å²) in [6.07, 6.45) is 1.65. The van der Waals surface area contributed by atoms with Gasteiger partial charge in [-0.2, -0.15) is 0 Å². The molecule has 0 aliphatic carbocycles. The first-order valence-corrected chi connectivity index (χ1v) is 8.78. The fourth-order valence-electron chi connectivity index (χ4n) is 2.63. The molecule has 0 spiro atoms. The largest absolute Gasteiger partial charge is 0.497 e. The van der Waals surface area contributed by atoms with Gasteiger partial charge in [0.05, 0.1) is 19.2 Å². The van der Waals surface area contributed by atoms with Gasteiger partial charge in [-0.1, -0.05) is 17.3 Å². The smallest absolute Gasteiger partial charge is 0.257 e. The number of nitrogens with zero attached hydrogens (tertiary/aromatic N) is 4. The molecule has 26 heavy (non-hydrogen) atoms. The second kappa shape index (κ2) is 6.93. The average Bonchev–Trinajstić information content (AvgIpc) is 3.31. The van der Waals surface area contributed by atoms with E-state index in [1.165, 1.54) is 11.3 Å². The van der Waals surface area contributed by atoms with E-state index in [9.17, 15) is 4.79 Å². The Balaban J connectivity index is 1.58. The lowest BCUT2D eigenvalue weighted by Gasteiger charge is -2.06. The van der Waals surface area contributed by atoms with E-state index in [2.05, 4.69) is 20.6 Å². The molecule has 0 saturated heterocycles. The predicted molar refractivity (Wildman–Crippen MR) is 99.7 cm³/mol. The van der Waals surface area contributed by atoms with Crippen LogP contribution in [0.5, 0.6) is 5.75 Å². The van der Waals surface area contributed by atoms with Gasteiger partial charge in [-0.15, -0.1) is 16.4 Å². The zero-order valence-corrected chi connectivity index (χ0v) is 14.7. The highest BCUT2D eigenvalue weighted by molar-refractivity contribution is 7.13. The first-order chi connectivity index (χ1) is 12.7. The van der Waals surface area contributed by atoms with Gasteiger partial charge in [-0.05, 0) is 35.9 Å². The first kappa shape index (κ1) is 16.2. The molecule has 8 heteroatoms. The number of anilines is 1. The highest BCUT2D eigenvalue weighted by atomic mass is 32.1. The molecular formula is C18H15N5O2S. The lowest BCUT2D eigenvalue weighted by atomic mass is 10.1. The zero-order valence-electron chi connectivity index (χ0n) is 13.9. The summed E-state index contributed by atoms with van der Waals surface area (Å²) in [6, 6.07) is 13.1. The summed E-state index contributed by atoms with van der Waals surface area (Å²) in [5.74, 6) is 0.581. The SMILES string of the molecule is COc1cccc(Cn2nnc3cc(C(=O)Nc4nccs4)ccc32)c1. The van der Waals surface area contributed by atoms with Crippen molar-refractivity contribution in [1.82, 2.24) is 20.0 Å². The average molecular weight is 365 g/mol. The van der Waals surface area contributed by atoms with Crippen molar-refractivity contribution in [3.63, 3.8) is 0 Å². The summed E-state index contributed by atoms with van der Waals surface area (Å²) >= 11 is 1.37. The fraction of sp³-hybridized carbons (Fsp3) is 0.111. The van der Waals surface area contributed by atoms with Gasteiger partial charge in [-0.25, -0.2) is 9.67 Å². The Kier molecular flexibility index (Phi) is 4.32. The Morgan fingerprint density at radius 3 is 3.00 bits per heavy atom. The third-order valence-electron chi connectivity index (χ3n) is 3.90. The summed E-state index contributed by atoms with van der Waals surface area (Å²) in [4.78, 5) is 16.4. The number of nitrogens with one attached hydrogen (secondary N) is 1. The maximum absolute atomic E-state index is 12.3. The summed E-state index contributed by atoms with van der Waals surface area (Å²) in [6.45, 7) is 0.568. The molecule has 0 atom stereocenters. The number of rotatable bonds is 5.